The molecule has 1 saturated heterocycles. The molecule has 2 aromatic carbocycles. The van der Waals surface area contributed by atoms with Gasteiger partial charge in [-0.25, -0.2) is 4.79 Å². The third-order valence-corrected chi connectivity index (χ3v) is 6.31. The average Bonchev–Trinajstić information content (AvgIpc) is 3.19. The van der Waals surface area contributed by atoms with Crippen LogP contribution in [0.15, 0.2) is 42.6 Å². The van der Waals surface area contributed by atoms with Crippen molar-refractivity contribution < 1.29 is 19.4 Å². The van der Waals surface area contributed by atoms with Gasteiger partial charge in [0.05, 0.1) is 20.3 Å². The van der Waals surface area contributed by atoms with Crippen molar-refractivity contribution in [1.29, 1.82) is 0 Å². The van der Waals surface area contributed by atoms with Crippen LogP contribution in [0.4, 0.5) is 10.5 Å². The number of rotatable bonds is 4. The number of aliphatic hydroxyl groups excluding tert-OH is 1. The van der Waals surface area contributed by atoms with Gasteiger partial charge < -0.3 is 24.8 Å². The van der Waals surface area contributed by atoms with Crippen LogP contribution in [-0.2, 0) is 6.42 Å². The van der Waals surface area contributed by atoms with Crippen LogP contribution in [0.3, 0.4) is 0 Å². The predicted molar refractivity (Wildman–Crippen MR) is 125 cm³/mol. The van der Waals surface area contributed by atoms with Crippen LogP contribution in [0.5, 0.6) is 11.5 Å². The van der Waals surface area contributed by atoms with Gasteiger partial charge >= 0.3 is 6.03 Å². The fourth-order valence-corrected chi connectivity index (χ4v) is 4.54. The maximum Gasteiger partial charge on any atom is 0.321 e. The zero-order valence-corrected chi connectivity index (χ0v) is 19.1. The molecule has 1 fully saturated rings. The molecule has 2 heterocycles. The second-order valence-electron chi connectivity index (χ2n) is 8.36. The van der Waals surface area contributed by atoms with Gasteiger partial charge in [0.2, 0.25) is 0 Å². The summed E-state index contributed by atoms with van der Waals surface area (Å²) in [5.41, 5.74) is 5.15. The highest BCUT2D eigenvalue weighted by molar-refractivity contribution is 5.87. The molecular formula is C25H31N3O4. The molecule has 7 heteroatoms. The number of carbonyl (C=O) groups is 1. The number of nitrogens with one attached hydrogen (secondary N) is 1. The first-order chi connectivity index (χ1) is 15.4. The number of carbonyl (C=O) groups excluding carboxylic acids is 1. The normalized spacial score (nSPS) is 20.3. The summed E-state index contributed by atoms with van der Waals surface area (Å²) in [6.07, 6.45) is 3.14. The van der Waals surface area contributed by atoms with Crippen LogP contribution in [0.25, 0.3) is 5.57 Å². The number of urea groups is 1. The lowest BCUT2D eigenvalue weighted by Crippen LogP contribution is -2.40. The van der Waals surface area contributed by atoms with Crippen LogP contribution in [0.1, 0.15) is 30.0 Å². The molecule has 2 aliphatic heterocycles. The molecule has 0 unspecified atom stereocenters. The Morgan fingerprint density at radius 2 is 1.81 bits per heavy atom. The Morgan fingerprint density at radius 3 is 2.41 bits per heavy atom. The lowest BCUT2D eigenvalue weighted by atomic mass is 9.92. The highest BCUT2D eigenvalue weighted by Gasteiger charge is 2.27. The first-order valence-corrected chi connectivity index (χ1v) is 11.0. The number of benzene rings is 2. The molecule has 2 atom stereocenters. The fourth-order valence-electron chi connectivity index (χ4n) is 4.54. The highest BCUT2D eigenvalue weighted by Crippen LogP contribution is 2.39. The summed E-state index contributed by atoms with van der Waals surface area (Å²) >= 11 is 0. The van der Waals surface area contributed by atoms with E-state index in [2.05, 4.69) is 34.5 Å². The van der Waals surface area contributed by atoms with Gasteiger partial charge in [0, 0.05) is 43.6 Å². The zero-order chi connectivity index (χ0) is 22.8. The van der Waals surface area contributed by atoms with Gasteiger partial charge in [-0.15, -0.1) is 0 Å². The molecule has 0 spiro atoms. The Kier molecular flexibility index (Phi) is 6.28. The Bertz CT molecular complexity index is 1020. The zero-order valence-electron chi connectivity index (χ0n) is 19.1. The van der Waals surface area contributed by atoms with Crippen molar-refractivity contribution in [2.75, 3.05) is 39.3 Å². The van der Waals surface area contributed by atoms with Gasteiger partial charge in [-0.2, -0.15) is 0 Å². The fraction of sp³-hybridized carbons (Fsp3) is 0.400. The maximum atomic E-state index is 12.7. The van der Waals surface area contributed by atoms with Crippen LogP contribution < -0.4 is 19.7 Å². The van der Waals surface area contributed by atoms with Gasteiger partial charge in [0.25, 0.3) is 0 Å². The first kappa shape index (κ1) is 22.0. The van der Waals surface area contributed by atoms with Gasteiger partial charge in [0.15, 0.2) is 11.5 Å². The molecule has 0 saturated carbocycles. The SMILES string of the molecule is CNC(=O)N1C=C(c2ccc(N3CC[C@@H](O)C3)cc2)c2cc(OC)c(OC)cc2C[C@@H]1C. The summed E-state index contributed by atoms with van der Waals surface area (Å²) in [5.74, 6) is 1.33. The van der Waals surface area contributed by atoms with Crippen molar-refractivity contribution in [3.05, 3.63) is 59.3 Å². The molecule has 4 rings (SSSR count). The molecule has 170 valence electrons. The van der Waals surface area contributed by atoms with E-state index in [1.54, 1.807) is 26.2 Å². The monoisotopic (exact) mass is 437 g/mol. The Morgan fingerprint density at radius 1 is 1.12 bits per heavy atom. The summed E-state index contributed by atoms with van der Waals surface area (Å²) in [6.45, 7) is 3.55. The molecule has 2 aromatic rings. The largest absolute Gasteiger partial charge is 0.493 e. The van der Waals surface area contributed by atoms with Crippen molar-refractivity contribution in [3.63, 3.8) is 0 Å². The number of amides is 2. The van der Waals surface area contributed by atoms with E-state index in [1.807, 2.05) is 25.3 Å². The molecule has 0 aliphatic carbocycles. The molecule has 32 heavy (non-hydrogen) atoms. The van der Waals surface area contributed by atoms with Crippen molar-refractivity contribution >= 4 is 17.3 Å². The Labute approximate surface area is 189 Å². The Hall–Kier alpha value is -3.19. The molecule has 7 nitrogen and oxygen atoms in total. The first-order valence-electron chi connectivity index (χ1n) is 11.0. The minimum atomic E-state index is -0.267. The molecule has 0 aromatic heterocycles. The number of anilines is 1. The van der Waals surface area contributed by atoms with E-state index >= 15 is 0 Å². The van der Waals surface area contributed by atoms with Crippen LogP contribution in [0.2, 0.25) is 0 Å². The minimum Gasteiger partial charge on any atom is -0.493 e. The minimum absolute atomic E-state index is 0.0327. The quantitative estimate of drug-likeness (QED) is 0.768. The number of methoxy groups -OCH3 is 2. The van der Waals surface area contributed by atoms with Crippen molar-refractivity contribution in [3.8, 4) is 11.5 Å². The number of aliphatic hydroxyl groups is 1. The molecule has 2 amide bonds. The number of nitrogens with zero attached hydrogens (tertiary/aromatic N) is 2. The van der Waals surface area contributed by atoms with E-state index < -0.39 is 0 Å². The van der Waals surface area contributed by atoms with E-state index in [1.165, 1.54) is 0 Å². The molecule has 0 radical (unpaired) electrons. The van der Waals surface area contributed by atoms with Crippen LogP contribution in [0, 0.1) is 0 Å². The van der Waals surface area contributed by atoms with E-state index in [0.29, 0.717) is 24.5 Å². The van der Waals surface area contributed by atoms with Gasteiger partial charge in [-0.05, 0) is 60.7 Å². The predicted octanol–water partition coefficient (Wildman–Crippen LogP) is 3.25. The molecule has 2 N–H and O–H groups in total. The van der Waals surface area contributed by atoms with E-state index in [4.69, 9.17) is 9.47 Å². The summed E-state index contributed by atoms with van der Waals surface area (Å²) < 4.78 is 11.1. The van der Waals surface area contributed by atoms with Gasteiger partial charge in [-0.1, -0.05) is 12.1 Å². The van der Waals surface area contributed by atoms with Crippen molar-refractivity contribution in [1.82, 2.24) is 10.2 Å². The van der Waals surface area contributed by atoms with Crippen LogP contribution in [-0.4, -0.2) is 62.5 Å². The maximum absolute atomic E-state index is 12.7. The van der Waals surface area contributed by atoms with E-state index in [0.717, 1.165) is 40.9 Å². The summed E-state index contributed by atoms with van der Waals surface area (Å²) in [6, 6.07) is 12.1. The number of hydrogen-bond donors (Lipinski definition) is 2. The second-order valence-corrected chi connectivity index (χ2v) is 8.36. The second kappa shape index (κ2) is 9.12. The number of fused-ring (bicyclic) bond motifs is 1. The summed E-state index contributed by atoms with van der Waals surface area (Å²) in [7, 11) is 4.90. The molecular weight excluding hydrogens is 406 g/mol. The lowest BCUT2D eigenvalue weighted by Gasteiger charge is -2.24. The average molecular weight is 438 g/mol. The summed E-state index contributed by atoms with van der Waals surface area (Å²) in [4.78, 5) is 16.6. The number of ether oxygens (including phenoxy) is 2. The third kappa shape index (κ3) is 4.12. The molecule has 2 aliphatic rings. The van der Waals surface area contributed by atoms with Gasteiger partial charge in [-0.3, -0.25) is 4.90 Å². The van der Waals surface area contributed by atoms with Crippen LogP contribution >= 0.6 is 0 Å². The molecule has 0 bridgehead atoms. The third-order valence-electron chi connectivity index (χ3n) is 6.31. The number of hydrogen-bond acceptors (Lipinski definition) is 5. The van der Waals surface area contributed by atoms with E-state index in [9.17, 15) is 9.90 Å². The Balaban J connectivity index is 1.80. The number of β-amino-alcohol motifs (C(OH)–C–C–N with tert-alkyl or cyclic N) is 1. The highest BCUT2D eigenvalue weighted by atomic mass is 16.5. The topological polar surface area (TPSA) is 74.3 Å². The van der Waals surface area contributed by atoms with Crippen molar-refractivity contribution in [2.24, 2.45) is 0 Å². The van der Waals surface area contributed by atoms with E-state index in [-0.39, 0.29) is 18.2 Å². The standard InChI is InChI=1S/C25H31N3O4/c1-16-11-18-12-23(31-3)24(32-4)13-21(18)22(15-28(16)25(30)26-2)17-5-7-19(8-6-17)27-10-9-20(29)14-27/h5-8,12-13,15-16,20,29H,9-11,14H2,1-4H3,(H,26,30)/t16-,20+/m0/s1. The lowest BCUT2D eigenvalue weighted by molar-refractivity contribution is 0.198. The smallest absolute Gasteiger partial charge is 0.321 e. The summed E-state index contributed by atoms with van der Waals surface area (Å²) in [5, 5.41) is 12.6. The van der Waals surface area contributed by atoms with Crippen molar-refractivity contribution in [2.45, 2.75) is 31.9 Å². The van der Waals surface area contributed by atoms with Gasteiger partial charge in [0.1, 0.15) is 0 Å².